The number of nitrogens with one attached hydrogen (secondary N) is 2. The highest BCUT2D eigenvalue weighted by Crippen LogP contribution is 2.27. The quantitative estimate of drug-likeness (QED) is 0.651. The van der Waals surface area contributed by atoms with Gasteiger partial charge >= 0.3 is 0 Å². The standard InChI is InChI=1S/C21H17ClFN3O2/c1-12-10-13(2)19(16(22)11-12)26-21(28)18-5-3-4-17(25-18)20(27)24-15-8-6-14(23)7-9-15/h3-11H,1-2H3,(H,24,27)(H,26,28). The molecular formula is C21H17ClFN3O2. The molecule has 0 radical (unpaired) electrons. The maximum Gasteiger partial charge on any atom is 0.274 e. The molecule has 7 heteroatoms. The molecule has 0 aliphatic rings. The van der Waals surface area contributed by atoms with Crippen LogP contribution in [0.1, 0.15) is 32.1 Å². The van der Waals surface area contributed by atoms with Crippen LogP contribution in [-0.2, 0) is 0 Å². The van der Waals surface area contributed by atoms with Crippen LogP contribution in [0.15, 0.2) is 54.6 Å². The maximum atomic E-state index is 13.0. The summed E-state index contributed by atoms with van der Waals surface area (Å²) >= 11 is 6.22. The molecular weight excluding hydrogens is 381 g/mol. The minimum atomic E-state index is -0.509. The topological polar surface area (TPSA) is 71.1 Å². The van der Waals surface area contributed by atoms with E-state index in [1.54, 1.807) is 12.1 Å². The van der Waals surface area contributed by atoms with Gasteiger partial charge < -0.3 is 10.6 Å². The number of aryl methyl sites for hydroxylation is 2. The van der Waals surface area contributed by atoms with Gasteiger partial charge in [0.05, 0.1) is 10.7 Å². The van der Waals surface area contributed by atoms with Crippen LogP contribution in [0.4, 0.5) is 15.8 Å². The Kier molecular flexibility index (Phi) is 5.70. The number of pyridine rings is 1. The van der Waals surface area contributed by atoms with Gasteiger partial charge in [-0.2, -0.15) is 0 Å². The fourth-order valence-corrected chi connectivity index (χ4v) is 3.04. The number of hydrogen-bond acceptors (Lipinski definition) is 3. The van der Waals surface area contributed by atoms with Crippen LogP contribution in [0.25, 0.3) is 0 Å². The Morgan fingerprint density at radius 1 is 0.929 bits per heavy atom. The fraction of sp³-hybridized carbons (Fsp3) is 0.0952. The molecule has 3 aromatic rings. The van der Waals surface area contributed by atoms with Gasteiger partial charge in [0.1, 0.15) is 17.2 Å². The fourth-order valence-electron chi connectivity index (χ4n) is 2.67. The van der Waals surface area contributed by atoms with E-state index in [4.69, 9.17) is 11.6 Å². The molecule has 28 heavy (non-hydrogen) atoms. The second-order valence-electron chi connectivity index (χ2n) is 6.26. The van der Waals surface area contributed by atoms with Crippen molar-refractivity contribution in [1.29, 1.82) is 0 Å². The summed E-state index contributed by atoms with van der Waals surface area (Å²) in [5.41, 5.74) is 2.86. The van der Waals surface area contributed by atoms with Crippen LogP contribution in [0.3, 0.4) is 0 Å². The minimum Gasteiger partial charge on any atom is -0.321 e. The minimum absolute atomic E-state index is 0.0590. The van der Waals surface area contributed by atoms with Gasteiger partial charge in [-0.1, -0.05) is 23.7 Å². The molecule has 2 aromatic carbocycles. The Bertz CT molecular complexity index is 1030. The lowest BCUT2D eigenvalue weighted by molar-refractivity contribution is 0.101. The van der Waals surface area contributed by atoms with Crippen LogP contribution in [0.5, 0.6) is 0 Å². The zero-order chi connectivity index (χ0) is 20.3. The van der Waals surface area contributed by atoms with Crippen molar-refractivity contribution >= 4 is 34.8 Å². The Hall–Kier alpha value is -3.25. The first-order valence-electron chi connectivity index (χ1n) is 8.45. The van der Waals surface area contributed by atoms with Gasteiger partial charge in [-0.25, -0.2) is 9.37 Å². The molecule has 1 heterocycles. The van der Waals surface area contributed by atoms with E-state index in [0.717, 1.165) is 11.1 Å². The van der Waals surface area contributed by atoms with Crippen molar-refractivity contribution in [3.8, 4) is 0 Å². The molecule has 0 saturated heterocycles. The molecule has 2 amide bonds. The summed E-state index contributed by atoms with van der Waals surface area (Å²) in [5, 5.41) is 5.77. The lowest BCUT2D eigenvalue weighted by Crippen LogP contribution is -2.19. The van der Waals surface area contributed by atoms with Crippen molar-refractivity contribution in [2.45, 2.75) is 13.8 Å². The summed E-state index contributed by atoms with van der Waals surface area (Å²) in [6, 6.07) is 13.6. The number of carbonyl (C=O) groups is 2. The van der Waals surface area contributed by atoms with Gasteiger partial charge in [0.15, 0.2) is 0 Å². The smallest absolute Gasteiger partial charge is 0.274 e. The number of aromatic nitrogens is 1. The second-order valence-corrected chi connectivity index (χ2v) is 6.67. The van der Waals surface area contributed by atoms with Crippen LogP contribution in [0, 0.1) is 19.7 Å². The lowest BCUT2D eigenvalue weighted by atomic mass is 10.1. The molecule has 0 aliphatic carbocycles. The number of halogens is 2. The first-order valence-corrected chi connectivity index (χ1v) is 8.83. The summed E-state index contributed by atoms with van der Waals surface area (Å²) in [4.78, 5) is 29.0. The van der Waals surface area contributed by atoms with Crippen molar-refractivity contribution in [2.75, 3.05) is 10.6 Å². The van der Waals surface area contributed by atoms with E-state index in [-0.39, 0.29) is 11.4 Å². The molecule has 0 saturated carbocycles. The zero-order valence-corrected chi connectivity index (χ0v) is 16.0. The zero-order valence-electron chi connectivity index (χ0n) is 15.2. The van der Waals surface area contributed by atoms with Gasteiger partial charge in [0.2, 0.25) is 0 Å². The molecule has 5 nitrogen and oxygen atoms in total. The number of anilines is 2. The SMILES string of the molecule is Cc1cc(C)c(NC(=O)c2cccc(C(=O)Nc3ccc(F)cc3)n2)c(Cl)c1. The van der Waals surface area contributed by atoms with Gasteiger partial charge in [0.25, 0.3) is 11.8 Å². The highest BCUT2D eigenvalue weighted by Gasteiger charge is 2.15. The van der Waals surface area contributed by atoms with Crippen molar-refractivity contribution in [3.63, 3.8) is 0 Å². The van der Waals surface area contributed by atoms with E-state index in [2.05, 4.69) is 15.6 Å². The second kappa shape index (κ2) is 8.19. The summed E-state index contributed by atoms with van der Waals surface area (Å²) in [6.07, 6.45) is 0. The Morgan fingerprint density at radius 3 is 2.14 bits per heavy atom. The molecule has 0 bridgehead atoms. The number of benzene rings is 2. The van der Waals surface area contributed by atoms with Crippen molar-refractivity contribution in [2.24, 2.45) is 0 Å². The van der Waals surface area contributed by atoms with E-state index in [9.17, 15) is 14.0 Å². The third kappa shape index (κ3) is 4.53. The summed E-state index contributed by atoms with van der Waals surface area (Å²) in [6.45, 7) is 3.75. The van der Waals surface area contributed by atoms with Gasteiger partial charge in [-0.15, -0.1) is 0 Å². The van der Waals surface area contributed by atoms with Gasteiger partial charge in [-0.3, -0.25) is 9.59 Å². The van der Waals surface area contributed by atoms with Crippen LogP contribution in [-0.4, -0.2) is 16.8 Å². The summed E-state index contributed by atoms with van der Waals surface area (Å²) in [7, 11) is 0. The monoisotopic (exact) mass is 397 g/mol. The Morgan fingerprint density at radius 2 is 1.54 bits per heavy atom. The average molecular weight is 398 g/mol. The summed E-state index contributed by atoms with van der Waals surface area (Å²) < 4.78 is 13.0. The number of amides is 2. The van der Waals surface area contributed by atoms with Crippen LogP contribution in [0.2, 0.25) is 5.02 Å². The lowest BCUT2D eigenvalue weighted by Gasteiger charge is -2.12. The molecule has 0 fully saturated rings. The molecule has 0 unspecified atom stereocenters. The number of rotatable bonds is 4. The van der Waals surface area contributed by atoms with Crippen LogP contribution >= 0.6 is 11.6 Å². The van der Waals surface area contributed by atoms with Crippen molar-refractivity contribution < 1.29 is 14.0 Å². The van der Waals surface area contributed by atoms with E-state index < -0.39 is 17.6 Å². The van der Waals surface area contributed by atoms with Gasteiger partial charge in [-0.05, 0) is 67.4 Å². The molecule has 0 aliphatic heterocycles. The predicted octanol–water partition coefficient (Wildman–Crippen LogP) is 5.00. The molecule has 1 aromatic heterocycles. The van der Waals surface area contributed by atoms with E-state index >= 15 is 0 Å². The first-order chi connectivity index (χ1) is 13.3. The van der Waals surface area contributed by atoms with E-state index in [1.165, 1.54) is 36.4 Å². The molecule has 0 atom stereocenters. The molecule has 142 valence electrons. The first kappa shape index (κ1) is 19.5. The number of hydrogen-bond donors (Lipinski definition) is 2. The van der Waals surface area contributed by atoms with Gasteiger partial charge in [0, 0.05) is 5.69 Å². The number of carbonyl (C=O) groups excluding carboxylic acids is 2. The van der Waals surface area contributed by atoms with Crippen LogP contribution < -0.4 is 10.6 Å². The third-order valence-corrected chi connectivity index (χ3v) is 4.28. The largest absolute Gasteiger partial charge is 0.321 e. The normalized spacial score (nSPS) is 10.4. The van der Waals surface area contributed by atoms with Crippen molar-refractivity contribution in [3.05, 3.63) is 88.0 Å². The highest BCUT2D eigenvalue weighted by molar-refractivity contribution is 6.34. The highest BCUT2D eigenvalue weighted by atomic mass is 35.5. The average Bonchev–Trinajstić information content (AvgIpc) is 2.66. The molecule has 2 N–H and O–H groups in total. The number of nitrogens with zero attached hydrogens (tertiary/aromatic N) is 1. The maximum absolute atomic E-state index is 13.0. The van der Waals surface area contributed by atoms with E-state index in [1.807, 2.05) is 19.9 Å². The summed E-state index contributed by atoms with van der Waals surface area (Å²) in [5.74, 6) is -1.39. The predicted molar refractivity (Wildman–Crippen MR) is 107 cm³/mol. The van der Waals surface area contributed by atoms with Crippen molar-refractivity contribution in [1.82, 2.24) is 4.98 Å². The third-order valence-electron chi connectivity index (χ3n) is 3.99. The molecule has 0 spiro atoms. The molecule has 3 rings (SSSR count). The Balaban J connectivity index is 1.78. The Labute approximate surface area is 166 Å². The van der Waals surface area contributed by atoms with E-state index in [0.29, 0.717) is 16.4 Å².